The Balaban J connectivity index is 2.42. The second kappa shape index (κ2) is 17.0. The van der Waals surface area contributed by atoms with Gasteiger partial charge in [0.15, 0.2) is 6.29 Å². The number of urea groups is 1. The smallest absolute Gasteiger partial charge is 0.329 e. The predicted octanol–water partition coefficient (Wildman–Crippen LogP) is 3.42. The number of fused-ring (bicyclic) bond motifs is 1. The largest absolute Gasteiger partial charge is 0.373 e. The third kappa shape index (κ3) is 11.2. The summed E-state index contributed by atoms with van der Waals surface area (Å²) in [6.07, 6.45) is -0.675. The van der Waals surface area contributed by atoms with Gasteiger partial charge in [0.2, 0.25) is 11.8 Å². The van der Waals surface area contributed by atoms with E-state index < -0.39 is 35.9 Å². The molecule has 3 N–H and O–H groups in total. The van der Waals surface area contributed by atoms with E-state index in [1.165, 1.54) is 5.01 Å². The quantitative estimate of drug-likeness (QED) is 0.203. The highest BCUT2D eigenvalue weighted by atomic mass is 16.7. The van der Waals surface area contributed by atoms with E-state index in [-0.39, 0.29) is 25.6 Å². The summed E-state index contributed by atoms with van der Waals surface area (Å²) in [5, 5.41) is 8.89. The molecule has 0 radical (unpaired) electrons. The van der Waals surface area contributed by atoms with Gasteiger partial charge in [-0.05, 0) is 64.8 Å². The number of hydrazine groups is 1. The fourth-order valence-electron chi connectivity index (χ4n) is 4.42. The lowest BCUT2D eigenvalue weighted by Crippen LogP contribution is -2.58. The number of nitrogens with zero attached hydrogens (tertiary/aromatic N) is 2. The summed E-state index contributed by atoms with van der Waals surface area (Å²) in [6.45, 7) is 14.4. The zero-order valence-corrected chi connectivity index (χ0v) is 26.4. The number of hydrogen-bond donors (Lipinski definition) is 3. The summed E-state index contributed by atoms with van der Waals surface area (Å²) < 4.78 is 17.8. The molecule has 0 aliphatic rings. The molecule has 0 aliphatic heterocycles. The van der Waals surface area contributed by atoms with Crippen LogP contribution in [0.25, 0.3) is 10.8 Å². The molecule has 2 unspecified atom stereocenters. The van der Waals surface area contributed by atoms with E-state index in [0.29, 0.717) is 19.8 Å². The lowest BCUT2D eigenvalue weighted by Gasteiger charge is -2.37. The van der Waals surface area contributed by atoms with Crippen LogP contribution in [0.15, 0.2) is 42.5 Å². The normalized spacial score (nSPS) is 13.2. The number of carbonyl (C=O) groups excluding carboxylic acids is 3. The van der Waals surface area contributed by atoms with E-state index in [9.17, 15) is 14.4 Å². The summed E-state index contributed by atoms with van der Waals surface area (Å²) in [5.41, 5.74) is 2.97. The van der Waals surface area contributed by atoms with Gasteiger partial charge in [0.05, 0.1) is 24.8 Å². The molecule has 11 heteroatoms. The molecule has 234 valence electrons. The van der Waals surface area contributed by atoms with Gasteiger partial charge in [-0.1, -0.05) is 42.5 Å². The van der Waals surface area contributed by atoms with Crippen molar-refractivity contribution in [3.63, 3.8) is 0 Å². The van der Waals surface area contributed by atoms with E-state index in [1.54, 1.807) is 18.9 Å². The Morgan fingerprint density at radius 2 is 1.60 bits per heavy atom. The van der Waals surface area contributed by atoms with Crippen LogP contribution in [-0.4, -0.2) is 91.7 Å². The van der Waals surface area contributed by atoms with Gasteiger partial charge >= 0.3 is 6.03 Å². The van der Waals surface area contributed by atoms with E-state index >= 15 is 0 Å². The second-order valence-electron chi connectivity index (χ2n) is 11.0. The first-order chi connectivity index (χ1) is 19.9. The number of amides is 4. The van der Waals surface area contributed by atoms with Gasteiger partial charge in [-0.25, -0.2) is 9.80 Å². The molecule has 4 amide bonds. The van der Waals surface area contributed by atoms with Crippen molar-refractivity contribution < 1.29 is 28.6 Å². The molecule has 2 atom stereocenters. The van der Waals surface area contributed by atoms with E-state index in [0.717, 1.165) is 16.3 Å². The summed E-state index contributed by atoms with van der Waals surface area (Å²) in [4.78, 5) is 41.0. The van der Waals surface area contributed by atoms with Crippen molar-refractivity contribution in [3.8, 4) is 0 Å². The molecule has 0 spiro atoms. The fourth-order valence-corrected chi connectivity index (χ4v) is 4.42. The van der Waals surface area contributed by atoms with Crippen molar-refractivity contribution in [2.75, 3.05) is 40.0 Å². The second-order valence-corrected chi connectivity index (χ2v) is 11.0. The molecule has 2 aromatic carbocycles. The summed E-state index contributed by atoms with van der Waals surface area (Å²) in [6, 6.07) is 12.1. The highest BCUT2D eigenvalue weighted by molar-refractivity contribution is 5.90. The standard InChI is InChI=1S/C31H49N5O6/c1-9-32-30(39)34-35(8)20-27(37)33-26(21-42-31(5,6)7)28(38)36(22(4)29(40-10-2)41-11-3)19-24-17-14-16-23-15-12-13-18-25(23)24/h12-18,22,26,29H,9-11,19-21H2,1-8H3,(H,33,37)(H2,32,34,39). The highest BCUT2D eigenvalue weighted by Crippen LogP contribution is 2.23. The third-order valence-electron chi connectivity index (χ3n) is 6.38. The Kier molecular flexibility index (Phi) is 14.2. The minimum absolute atomic E-state index is 0.0474. The lowest BCUT2D eigenvalue weighted by molar-refractivity contribution is -0.180. The van der Waals surface area contributed by atoms with E-state index in [2.05, 4.69) is 16.1 Å². The van der Waals surface area contributed by atoms with Gasteiger partial charge in [0.1, 0.15) is 6.04 Å². The van der Waals surface area contributed by atoms with Gasteiger partial charge in [0, 0.05) is 33.4 Å². The zero-order valence-electron chi connectivity index (χ0n) is 26.4. The van der Waals surface area contributed by atoms with Gasteiger partial charge < -0.3 is 29.7 Å². The molecule has 0 aromatic heterocycles. The SMILES string of the molecule is CCNC(=O)NN(C)CC(=O)NC(COC(C)(C)C)C(=O)N(Cc1cccc2ccccc12)C(C)C(OCC)OCC. The molecule has 0 heterocycles. The molecule has 2 aromatic rings. The molecule has 0 fully saturated rings. The van der Waals surface area contributed by atoms with Crippen LogP contribution in [0.1, 0.15) is 54.0 Å². The van der Waals surface area contributed by atoms with Crippen LogP contribution in [0.4, 0.5) is 4.79 Å². The van der Waals surface area contributed by atoms with Crippen LogP contribution in [0.2, 0.25) is 0 Å². The maximum absolute atomic E-state index is 14.4. The number of ether oxygens (including phenoxy) is 3. The first-order valence-electron chi connectivity index (χ1n) is 14.6. The van der Waals surface area contributed by atoms with Crippen LogP contribution in [-0.2, 0) is 30.3 Å². The van der Waals surface area contributed by atoms with Crippen molar-refractivity contribution in [3.05, 3.63) is 48.0 Å². The Morgan fingerprint density at radius 1 is 0.952 bits per heavy atom. The van der Waals surface area contributed by atoms with Gasteiger partial charge in [-0.15, -0.1) is 0 Å². The topological polar surface area (TPSA) is 121 Å². The number of carbonyl (C=O) groups is 3. The monoisotopic (exact) mass is 587 g/mol. The van der Waals surface area contributed by atoms with Crippen molar-refractivity contribution in [2.45, 2.75) is 79.0 Å². The van der Waals surface area contributed by atoms with Crippen molar-refractivity contribution in [1.29, 1.82) is 0 Å². The molecule has 0 saturated heterocycles. The molecule has 0 bridgehead atoms. The number of likely N-dealkylation sites (N-methyl/N-ethyl adjacent to an activating group) is 1. The third-order valence-corrected chi connectivity index (χ3v) is 6.38. The Labute approximate surface area is 250 Å². The number of nitrogens with one attached hydrogen (secondary N) is 3. The molecular weight excluding hydrogens is 538 g/mol. The molecule has 0 saturated carbocycles. The lowest BCUT2D eigenvalue weighted by atomic mass is 10.0. The van der Waals surface area contributed by atoms with Gasteiger partial charge in [-0.3, -0.25) is 15.0 Å². The zero-order chi connectivity index (χ0) is 31.3. The Hall–Kier alpha value is -3.25. The Bertz CT molecular complexity index is 1140. The number of rotatable bonds is 16. The van der Waals surface area contributed by atoms with Crippen LogP contribution in [0, 0.1) is 0 Å². The van der Waals surface area contributed by atoms with Crippen LogP contribution < -0.4 is 16.1 Å². The molecular formula is C31H49N5O6. The predicted molar refractivity (Wildman–Crippen MR) is 163 cm³/mol. The molecule has 0 aliphatic carbocycles. The van der Waals surface area contributed by atoms with Crippen molar-refractivity contribution in [1.82, 2.24) is 26.0 Å². The number of benzene rings is 2. The summed E-state index contributed by atoms with van der Waals surface area (Å²) >= 11 is 0. The highest BCUT2D eigenvalue weighted by Gasteiger charge is 2.35. The van der Waals surface area contributed by atoms with E-state index in [4.69, 9.17) is 14.2 Å². The Morgan fingerprint density at radius 3 is 2.21 bits per heavy atom. The maximum Gasteiger partial charge on any atom is 0.329 e. The van der Waals surface area contributed by atoms with Gasteiger partial charge in [-0.2, -0.15) is 0 Å². The van der Waals surface area contributed by atoms with Crippen molar-refractivity contribution in [2.24, 2.45) is 0 Å². The molecule has 11 nitrogen and oxygen atoms in total. The van der Waals surface area contributed by atoms with Crippen molar-refractivity contribution >= 4 is 28.6 Å². The minimum atomic E-state index is -1.00. The average Bonchev–Trinajstić information content (AvgIpc) is 2.92. The first-order valence-corrected chi connectivity index (χ1v) is 14.6. The maximum atomic E-state index is 14.4. The van der Waals surface area contributed by atoms with Crippen LogP contribution in [0.3, 0.4) is 0 Å². The fraction of sp³-hybridized carbons (Fsp3) is 0.581. The number of hydrogen-bond acceptors (Lipinski definition) is 7. The molecule has 2 rings (SSSR count). The van der Waals surface area contributed by atoms with E-state index in [1.807, 2.05) is 84.0 Å². The summed E-state index contributed by atoms with van der Waals surface area (Å²) in [5.74, 6) is -0.786. The van der Waals surface area contributed by atoms with Crippen LogP contribution in [0.5, 0.6) is 0 Å². The first kappa shape index (κ1) is 34.9. The minimum Gasteiger partial charge on any atom is -0.373 e. The average molecular weight is 588 g/mol. The molecule has 42 heavy (non-hydrogen) atoms. The van der Waals surface area contributed by atoms with Gasteiger partial charge in [0.25, 0.3) is 0 Å². The summed E-state index contributed by atoms with van der Waals surface area (Å²) in [7, 11) is 1.57. The van der Waals surface area contributed by atoms with Crippen LogP contribution >= 0.6 is 0 Å².